The van der Waals surface area contributed by atoms with Gasteiger partial charge in [0.15, 0.2) is 5.78 Å². The van der Waals surface area contributed by atoms with Gasteiger partial charge in [0.2, 0.25) is 11.8 Å². The summed E-state index contributed by atoms with van der Waals surface area (Å²) in [5.74, 6) is -0.586. The van der Waals surface area contributed by atoms with Crippen molar-refractivity contribution in [2.75, 3.05) is 13.2 Å². The lowest BCUT2D eigenvalue weighted by atomic mass is 9.81. The molecule has 2 atom stereocenters. The molecule has 258 valence electrons. The maximum Gasteiger partial charge on any atom is 0.255 e. The molecule has 2 aliphatic carbocycles. The van der Waals surface area contributed by atoms with E-state index in [1.807, 2.05) is 17.0 Å². The van der Waals surface area contributed by atoms with Gasteiger partial charge in [0.1, 0.15) is 11.9 Å². The predicted octanol–water partition coefficient (Wildman–Crippen LogP) is 5.85. The Morgan fingerprint density at radius 2 is 1.39 bits per heavy atom. The first-order valence-electron chi connectivity index (χ1n) is 17.9. The van der Waals surface area contributed by atoms with Gasteiger partial charge in [-0.25, -0.2) is 4.39 Å². The molecule has 6 aliphatic rings. The number of Topliss-reactive ketones (excluding diaryl/α,β-unsaturated/α-hetero) is 1. The first-order valence-corrected chi connectivity index (χ1v) is 17.9. The first kappa shape index (κ1) is 33.3. The van der Waals surface area contributed by atoms with Crippen LogP contribution in [-0.4, -0.2) is 64.5 Å². The zero-order valence-corrected chi connectivity index (χ0v) is 27.9. The normalized spacial score (nSPS) is 24.8. The number of imide groups is 1. The van der Waals surface area contributed by atoms with Crippen LogP contribution >= 0.6 is 0 Å². The number of ether oxygens (including phenoxy) is 1. The van der Waals surface area contributed by atoms with Gasteiger partial charge < -0.3 is 14.5 Å². The topological polar surface area (TPSA) is 113 Å². The number of hydrogen-bond donors (Lipinski definition) is 1. The number of allylic oxidation sites excluding steroid dienone is 1. The van der Waals surface area contributed by atoms with Crippen LogP contribution in [0.4, 0.5) is 4.39 Å². The highest BCUT2D eigenvalue weighted by Crippen LogP contribution is 2.40. The number of fused-ring (bicyclic) bond motifs is 2. The maximum atomic E-state index is 14.1. The molecule has 0 spiro atoms. The molecule has 4 fully saturated rings. The van der Waals surface area contributed by atoms with Crippen LogP contribution < -0.4 is 5.32 Å². The number of carbonyl (C=O) groups excluding carboxylic acids is 5. The standard InChI is InChI=1S/C21H25NO2.C18H19FN2O4/c1-14-10-11-19(20(23)12-14)22-13-18-16(15-6-3-2-4-7-15)8-5-9-17(18)21(22)24;19-11-7-12(10-3-5-25-6-4-10)14-9-21(18(24)13(14)8-11)15-1-2-16(22)20-17(15)23/h5,8-9,15,19H,1-4,6-7,10-13H2;7-8,10,15H,1-6,9H2,(H,20,22,23). The monoisotopic (exact) mass is 669 g/mol. The molecule has 4 amide bonds. The number of halogens is 1. The third kappa shape index (κ3) is 6.59. The summed E-state index contributed by atoms with van der Waals surface area (Å²) < 4.78 is 19.5. The fourth-order valence-corrected chi connectivity index (χ4v) is 8.74. The van der Waals surface area contributed by atoms with Crippen LogP contribution in [0.2, 0.25) is 0 Å². The Kier molecular flexibility index (Phi) is 9.50. The molecular weight excluding hydrogens is 625 g/mol. The van der Waals surface area contributed by atoms with Crippen molar-refractivity contribution in [3.8, 4) is 0 Å². The second-order valence-electron chi connectivity index (χ2n) is 14.4. The summed E-state index contributed by atoms with van der Waals surface area (Å²) >= 11 is 0. The number of piperidine rings is 1. The van der Waals surface area contributed by atoms with Gasteiger partial charge in [0, 0.05) is 50.3 Å². The zero-order chi connectivity index (χ0) is 34.2. The van der Waals surface area contributed by atoms with Crippen molar-refractivity contribution in [2.24, 2.45) is 0 Å². The lowest BCUT2D eigenvalue weighted by Crippen LogP contribution is -2.52. The minimum absolute atomic E-state index is 0.0496. The number of hydrogen-bond acceptors (Lipinski definition) is 6. The SMILES string of the molecule is C=C1CCC(N2Cc3c(cccc3C3CCCCC3)C2=O)C(=O)C1.O=C1CCC(N2Cc3c(cc(F)cc3C3CCOCC3)C2=O)C(=O)N1. The van der Waals surface area contributed by atoms with Crippen molar-refractivity contribution in [3.63, 3.8) is 0 Å². The van der Waals surface area contributed by atoms with E-state index in [-0.39, 0.29) is 48.4 Å². The average molecular weight is 670 g/mol. The fourth-order valence-electron chi connectivity index (χ4n) is 8.74. The second kappa shape index (κ2) is 14.0. The van der Waals surface area contributed by atoms with Crippen molar-refractivity contribution in [2.45, 2.75) is 114 Å². The highest BCUT2D eigenvalue weighted by Gasteiger charge is 2.42. The molecule has 0 bridgehead atoms. The Morgan fingerprint density at radius 3 is 2.10 bits per heavy atom. The summed E-state index contributed by atoms with van der Waals surface area (Å²) in [5.41, 5.74) is 6.37. The van der Waals surface area contributed by atoms with Crippen molar-refractivity contribution in [3.05, 3.63) is 81.7 Å². The highest BCUT2D eigenvalue weighted by molar-refractivity contribution is 6.05. The predicted molar refractivity (Wildman–Crippen MR) is 179 cm³/mol. The molecule has 2 aromatic rings. The van der Waals surface area contributed by atoms with Gasteiger partial charge in [0.25, 0.3) is 11.8 Å². The largest absolute Gasteiger partial charge is 0.381 e. The quantitative estimate of drug-likeness (QED) is 0.323. The molecule has 8 rings (SSSR count). The third-order valence-corrected chi connectivity index (χ3v) is 11.3. The average Bonchev–Trinajstić information content (AvgIpc) is 3.61. The molecular formula is C39H44FN3O6. The van der Waals surface area contributed by atoms with Crippen LogP contribution in [0.5, 0.6) is 0 Å². The summed E-state index contributed by atoms with van der Waals surface area (Å²) in [5, 5.41) is 2.28. The Balaban J connectivity index is 0.000000154. The fraction of sp³-hybridized carbons (Fsp3) is 0.513. The van der Waals surface area contributed by atoms with E-state index in [1.54, 1.807) is 0 Å². The summed E-state index contributed by atoms with van der Waals surface area (Å²) in [6.07, 6.45) is 10.5. The zero-order valence-electron chi connectivity index (χ0n) is 27.9. The smallest absolute Gasteiger partial charge is 0.255 e. The molecule has 2 saturated heterocycles. The van der Waals surface area contributed by atoms with Crippen LogP contribution in [0.1, 0.15) is 132 Å². The van der Waals surface area contributed by atoms with Gasteiger partial charge in [-0.2, -0.15) is 0 Å². The lowest BCUT2D eigenvalue weighted by molar-refractivity contribution is -0.137. The molecule has 2 saturated carbocycles. The van der Waals surface area contributed by atoms with Gasteiger partial charge >= 0.3 is 0 Å². The Labute approximate surface area is 286 Å². The van der Waals surface area contributed by atoms with E-state index in [9.17, 15) is 28.4 Å². The van der Waals surface area contributed by atoms with E-state index in [2.05, 4.69) is 18.0 Å². The summed E-state index contributed by atoms with van der Waals surface area (Å²) in [7, 11) is 0. The van der Waals surface area contributed by atoms with Crippen LogP contribution in [0.15, 0.2) is 42.5 Å². The van der Waals surface area contributed by atoms with Crippen molar-refractivity contribution >= 4 is 29.4 Å². The molecule has 49 heavy (non-hydrogen) atoms. The Morgan fingerprint density at radius 1 is 0.735 bits per heavy atom. The number of amides is 4. The molecule has 4 aliphatic heterocycles. The minimum atomic E-state index is -0.678. The van der Waals surface area contributed by atoms with E-state index >= 15 is 0 Å². The van der Waals surface area contributed by atoms with Gasteiger partial charge in [-0.05, 0) is 97.2 Å². The number of ketones is 1. The lowest BCUT2D eigenvalue weighted by Gasteiger charge is -2.30. The molecule has 0 radical (unpaired) electrons. The molecule has 2 unspecified atom stereocenters. The number of nitrogens with one attached hydrogen (secondary N) is 1. The molecule has 0 aromatic heterocycles. The summed E-state index contributed by atoms with van der Waals surface area (Å²) in [6.45, 7) is 6.09. The van der Waals surface area contributed by atoms with Crippen LogP contribution in [0.25, 0.3) is 0 Å². The van der Waals surface area contributed by atoms with Gasteiger partial charge in [0.05, 0.1) is 6.04 Å². The van der Waals surface area contributed by atoms with Crippen molar-refractivity contribution in [1.29, 1.82) is 0 Å². The van der Waals surface area contributed by atoms with E-state index in [1.165, 1.54) is 60.3 Å². The molecule has 10 heteroatoms. The van der Waals surface area contributed by atoms with Crippen molar-refractivity contribution in [1.82, 2.24) is 15.1 Å². The molecule has 9 nitrogen and oxygen atoms in total. The Bertz CT molecular complexity index is 1710. The Hall–Kier alpha value is -4.18. The molecule has 2 aromatic carbocycles. The van der Waals surface area contributed by atoms with Gasteiger partial charge in [-0.3, -0.25) is 29.3 Å². The number of benzene rings is 2. The van der Waals surface area contributed by atoms with Crippen LogP contribution in [0.3, 0.4) is 0 Å². The number of carbonyl (C=O) groups is 5. The van der Waals surface area contributed by atoms with Gasteiger partial charge in [-0.1, -0.05) is 43.5 Å². The summed E-state index contributed by atoms with van der Waals surface area (Å²) in [4.78, 5) is 64.9. The van der Waals surface area contributed by atoms with Gasteiger partial charge in [-0.15, -0.1) is 0 Å². The van der Waals surface area contributed by atoms with E-state index in [4.69, 9.17) is 4.74 Å². The third-order valence-electron chi connectivity index (χ3n) is 11.3. The van der Waals surface area contributed by atoms with Crippen LogP contribution in [-0.2, 0) is 32.2 Å². The maximum absolute atomic E-state index is 14.1. The highest BCUT2D eigenvalue weighted by atomic mass is 19.1. The minimum Gasteiger partial charge on any atom is -0.381 e. The van der Waals surface area contributed by atoms with E-state index < -0.39 is 17.8 Å². The van der Waals surface area contributed by atoms with Crippen LogP contribution in [0, 0.1) is 5.82 Å². The van der Waals surface area contributed by atoms with E-state index in [0.717, 1.165) is 47.9 Å². The molecule has 1 N–H and O–H groups in total. The van der Waals surface area contributed by atoms with E-state index in [0.29, 0.717) is 44.1 Å². The number of rotatable bonds is 4. The van der Waals surface area contributed by atoms with Crippen molar-refractivity contribution < 1.29 is 33.1 Å². The first-order chi connectivity index (χ1) is 23.7. The molecule has 4 heterocycles. The number of nitrogens with zero attached hydrogens (tertiary/aromatic N) is 2. The summed E-state index contributed by atoms with van der Waals surface area (Å²) in [6, 6.07) is 8.00. The second-order valence-corrected chi connectivity index (χ2v) is 14.4.